The molecule has 1 heterocycles. The molecule has 0 N–H and O–H groups in total. The fraction of sp³-hybridized carbons (Fsp3) is 0.500. The molecule has 3 rings (SSSR count). The lowest BCUT2D eigenvalue weighted by atomic mass is 9.99. The molecule has 2 heteroatoms. The Hall–Kier alpha value is -1.15. The van der Waals surface area contributed by atoms with Gasteiger partial charge in [0, 0.05) is 18.0 Å². The molecular formula is C14H17NO. The van der Waals surface area contributed by atoms with Crippen molar-refractivity contribution in [2.45, 2.75) is 25.8 Å². The molecule has 0 amide bonds. The third-order valence-electron chi connectivity index (χ3n) is 3.57. The van der Waals surface area contributed by atoms with E-state index in [0.29, 0.717) is 11.7 Å². The summed E-state index contributed by atoms with van der Waals surface area (Å²) in [5, 5.41) is 0. The predicted octanol–water partition coefficient (Wildman–Crippen LogP) is 2.49. The Balaban J connectivity index is 1.81. The van der Waals surface area contributed by atoms with Crippen LogP contribution in [0.2, 0.25) is 0 Å². The van der Waals surface area contributed by atoms with Crippen LogP contribution in [0, 0.1) is 5.92 Å². The maximum atomic E-state index is 12.1. The molecule has 2 fully saturated rings. The van der Waals surface area contributed by atoms with Gasteiger partial charge in [0.2, 0.25) is 0 Å². The van der Waals surface area contributed by atoms with E-state index in [4.69, 9.17) is 0 Å². The van der Waals surface area contributed by atoms with Crippen molar-refractivity contribution in [1.29, 1.82) is 0 Å². The lowest BCUT2D eigenvalue weighted by molar-refractivity contribution is 0.0964. The molecule has 1 aliphatic heterocycles. The number of rotatable bonds is 4. The number of carbonyl (C=O) groups is 1. The van der Waals surface area contributed by atoms with Crippen LogP contribution in [0.5, 0.6) is 0 Å². The number of hydrogen-bond donors (Lipinski definition) is 0. The van der Waals surface area contributed by atoms with E-state index in [2.05, 4.69) is 11.0 Å². The highest BCUT2D eigenvalue weighted by atomic mass is 16.1. The number of hydrogen-bond acceptors (Lipinski definition) is 2. The molecule has 84 valence electrons. The molecule has 2 nitrogen and oxygen atoms in total. The molecule has 1 saturated carbocycles. The molecule has 1 aliphatic carbocycles. The van der Waals surface area contributed by atoms with Crippen LogP contribution in [0.1, 0.15) is 35.2 Å². The first kappa shape index (κ1) is 10.0. The van der Waals surface area contributed by atoms with Gasteiger partial charge in [-0.25, -0.2) is 0 Å². The van der Waals surface area contributed by atoms with Crippen molar-refractivity contribution in [3.8, 4) is 0 Å². The maximum absolute atomic E-state index is 12.1. The summed E-state index contributed by atoms with van der Waals surface area (Å²) in [4.78, 5) is 14.5. The molecule has 0 spiro atoms. The van der Waals surface area contributed by atoms with Crippen LogP contribution in [0.15, 0.2) is 24.3 Å². The van der Waals surface area contributed by atoms with Gasteiger partial charge in [0.1, 0.15) is 0 Å². The van der Waals surface area contributed by atoms with Crippen LogP contribution in [-0.4, -0.2) is 23.8 Å². The third kappa shape index (κ3) is 1.90. The highest BCUT2D eigenvalue weighted by Gasteiger charge is 2.31. The molecule has 0 unspecified atom stereocenters. The molecule has 16 heavy (non-hydrogen) atoms. The number of ketones is 1. The molecule has 0 atom stereocenters. The Morgan fingerprint density at radius 2 is 2.00 bits per heavy atom. The predicted molar refractivity (Wildman–Crippen MR) is 63.4 cm³/mol. The molecule has 1 saturated heterocycles. The van der Waals surface area contributed by atoms with Gasteiger partial charge in [0.25, 0.3) is 0 Å². The number of benzene rings is 1. The van der Waals surface area contributed by atoms with Crippen molar-refractivity contribution in [2.75, 3.05) is 13.1 Å². The molecule has 1 aromatic carbocycles. The summed E-state index contributed by atoms with van der Waals surface area (Å²) in [7, 11) is 0. The van der Waals surface area contributed by atoms with E-state index in [1.165, 1.54) is 25.1 Å². The minimum absolute atomic E-state index is 0.331. The van der Waals surface area contributed by atoms with Gasteiger partial charge in [-0.05, 0) is 37.9 Å². The fourth-order valence-corrected chi connectivity index (χ4v) is 2.24. The van der Waals surface area contributed by atoms with E-state index >= 15 is 0 Å². The first-order valence-electron chi connectivity index (χ1n) is 6.19. The van der Waals surface area contributed by atoms with E-state index in [1.54, 1.807) is 0 Å². The molecule has 2 aliphatic rings. The smallest absolute Gasteiger partial charge is 0.166 e. The summed E-state index contributed by atoms with van der Waals surface area (Å²) in [6.45, 7) is 3.33. The molecule has 1 aromatic rings. The van der Waals surface area contributed by atoms with Gasteiger partial charge in [0.05, 0.1) is 0 Å². The Labute approximate surface area is 96.3 Å². The van der Waals surface area contributed by atoms with Crippen molar-refractivity contribution in [3.63, 3.8) is 0 Å². The summed E-state index contributed by atoms with van der Waals surface area (Å²) in [6.07, 6.45) is 3.49. The van der Waals surface area contributed by atoms with Gasteiger partial charge in [-0.3, -0.25) is 9.69 Å². The van der Waals surface area contributed by atoms with Crippen molar-refractivity contribution in [2.24, 2.45) is 5.92 Å². The number of carbonyl (C=O) groups excluding carboxylic acids is 1. The van der Waals surface area contributed by atoms with Crippen LogP contribution < -0.4 is 0 Å². The second kappa shape index (κ2) is 4.02. The summed E-state index contributed by atoms with van der Waals surface area (Å²) >= 11 is 0. The summed E-state index contributed by atoms with van der Waals surface area (Å²) < 4.78 is 0. The number of Topliss-reactive ketones (excluding diaryl/α,β-unsaturated/α-hetero) is 1. The first-order valence-corrected chi connectivity index (χ1v) is 6.19. The summed E-state index contributed by atoms with van der Waals surface area (Å²) in [6, 6.07) is 8.12. The van der Waals surface area contributed by atoms with E-state index in [0.717, 1.165) is 24.9 Å². The van der Waals surface area contributed by atoms with Crippen molar-refractivity contribution < 1.29 is 4.79 Å². The van der Waals surface area contributed by atoms with Gasteiger partial charge in [-0.2, -0.15) is 0 Å². The zero-order valence-electron chi connectivity index (χ0n) is 9.48. The Morgan fingerprint density at radius 3 is 2.62 bits per heavy atom. The Morgan fingerprint density at radius 1 is 1.25 bits per heavy atom. The average Bonchev–Trinajstić information content (AvgIpc) is 3.07. The van der Waals surface area contributed by atoms with E-state index in [1.807, 2.05) is 18.2 Å². The normalized spacial score (nSPS) is 20.5. The van der Waals surface area contributed by atoms with Crippen LogP contribution in [0.25, 0.3) is 0 Å². The number of nitrogens with zero attached hydrogens (tertiary/aromatic N) is 1. The minimum Gasteiger partial charge on any atom is -0.299 e. The van der Waals surface area contributed by atoms with Gasteiger partial charge in [0.15, 0.2) is 5.78 Å². The zero-order chi connectivity index (χ0) is 11.0. The van der Waals surface area contributed by atoms with Crippen molar-refractivity contribution >= 4 is 5.78 Å². The van der Waals surface area contributed by atoms with E-state index in [9.17, 15) is 4.79 Å². The van der Waals surface area contributed by atoms with Crippen molar-refractivity contribution in [3.05, 3.63) is 35.4 Å². The summed E-state index contributed by atoms with van der Waals surface area (Å²) in [5.41, 5.74) is 2.19. The topological polar surface area (TPSA) is 20.3 Å². The van der Waals surface area contributed by atoms with Crippen LogP contribution in [-0.2, 0) is 6.54 Å². The van der Waals surface area contributed by atoms with Gasteiger partial charge in [-0.1, -0.05) is 24.3 Å². The van der Waals surface area contributed by atoms with Gasteiger partial charge < -0.3 is 0 Å². The average molecular weight is 215 g/mol. The largest absolute Gasteiger partial charge is 0.299 e. The fourth-order valence-electron chi connectivity index (χ4n) is 2.24. The maximum Gasteiger partial charge on any atom is 0.166 e. The monoisotopic (exact) mass is 215 g/mol. The van der Waals surface area contributed by atoms with Crippen LogP contribution in [0.4, 0.5) is 0 Å². The standard InChI is InChI=1S/C14H17NO/c16-14(11-6-7-11)13-5-2-1-4-12(13)10-15-8-3-9-15/h1-2,4-5,11H,3,6-10H2. The van der Waals surface area contributed by atoms with Crippen molar-refractivity contribution in [1.82, 2.24) is 4.90 Å². The lowest BCUT2D eigenvalue weighted by Crippen LogP contribution is -2.36. The second-order valence-electron chi connectivity index (χ2n) is 4.93. The van der Waals surface area contributed by atoms with Gasteiger partial charge in [-0.15, -0.1) is 0 Å². The highest BCUT2D eigenvalue weighted by Crippen LogP contribution is 2.33. The lowest BCUT2D eigenvalue weighted by Gasteiger charge is -2.31. The molecule has 0 bridgehead atoms. The minimum atomic E-state index is 0.331. The third-order valence-corrected chi connectivity index (χ3v) is 3.57. The molecule has 0 radical (unpaired) electrons. The van der Waals surface area contributed by atoms with E-state index < -0.39 is 0 Å². The van der Waals surface area contributed by atoms with Gasteiger partial charge >= 0.3 is 0 Å². The highest BCUT2D eigenvalue weighted by molar-refractivity contribution is 6.00. The molecule has 0 aromatic heterocycles. The SMILES string of the molecule is O=C(c1ccccc1CN1CCC1)C1CC1. The van der Waals surface area contributed by atoms with E-state index in [-0.39, 0.29) is 0 Å². The second-order valence-corrected chi connectivity index (χ2v) is 4.93. The quantitative estimate of drug-likeness (QED) is 0.719. The Bertz CT molecular complexity index is 405. The number of likely N-dealkylation sites (tertiary alicyclic amines) is 1. The summed E-state index contributed by atoms with van der Waals surface area (Å²) in [5.74, 6) is 0.702. The zero-order valence-corrected chi connectivity index (χ0v) is 9.48. The first-order chi connectivity index (χ1) is 7.84. The van der Waals surface area contributed by atoms with Crippen LogP contribution >= 0.6 is 0 Å². The Kier molecular flexibility index (Phi) is 2.52. The molecular weight excluding hydrogens is 198 g/mol. The van der Waals surface area contributed by atoms with Crippen LogP contribution in [0.3, 0.4) is 0 Å².